The number of carboxylic acids is 1. The van der Waals surface area contributed by atoms with E-state index in [9.17, 15) is 19.5 Å². The Morgan fingerprint density at radius 1 is 0.554 bits per heavy atom. The molecule has 0 fully saturated rings. The quantitative estimate of drug-likeness (QED) is 0.0264. The third kappa shape index (κ3) is 36.9. The van der Waals surface area contributed by atoms with Crippen LogP contribution in [0.25, 0.3) is 0 Å². The third-order valence-electron chi connectivity index (χ3n) is 9.95. The van der Waals surface area contributed by atoms with Crippen molar-refractivity contribution in [2.75, 3.05) is 41.0 Å². The summed E-state index contributed by atoms with van der Waals surface area (Å²) in [6, 6.07) is -0.727. The van der Waals surface area contributed by atoms with E-state index in [4.69, 9.17) is 14.2 Å². The number of rotatable bonds is 40. The number of esters is 2. The van der Waals surface area contributed by atoms with E-state index in [1.54, 1.807) is 21.1 Å². The molecular formula is C48H85NO7. The molecule has 324 valence electrons. The van der Waals surface area contributed by atoms with Crippen LogP contribution in [0.3, 0.4) is 0 Å². The van der Waals surface area contributed by atoms with Crippen molar-refractivity contribution in [2.24, 2.45) is 0 Å². The first-order valence-corrected chi connectivity index (χ1v) is 22.7. The first-order chi connectivity index (χ1) is 27.1. The van der Waals surface area contributed by atoms with Gasteiger partial charge >= 0.3 is 11.9 Å². The van der Waals surface area contributed by atoms with E-state index in [-0.39, 0.29) is 42.7 Å². The smallest absolute Gasteiger partial charge is 0.306 e. The molecule has 0 bridgehead atoms. The van der Waals surface area contributed by atoms with Gasteiger partial charge in [-0.15, -0.1) is 0 Å². The van der Waals surface area contributed by atoms with Gasteiger partial charge in [-0.25, -0.2) is 0 Å². The molecule has 56 heavy (non-hydrogen) atoms. The molecule has 0 radical (unpaired) electrons. The Morgan fingerprint density at radius 2 is 1.00 bits per heavy atom. The van der Waals surface area contributed by atoms with E-state index in [2.05, 4.69) is 62.5 Å². The summed E-state index contributed by atoms with van der Waals surface area (Å²) in [4.78, 5) is 36.8. The van der Waals surface area contributed by atoms with Crippen LogP contribution in [-0.2, 0) is 28.6 Å². The Bertz CT molecular complexity index is 1060. The molecule has 0 heterocycles. The second-order valence-electron chi connectivity index (χ2n) is 16.3. The molecule has 0 aliphatic rings. The number of ether oxygens (including phenoxy) is 3. The van der Waals surface area contributed by atoms with Crippen LogP contribution >= 0.6 is 0 Å². The molecule has 0 aliphatic carbocycles. The largest absolute Gasteiger partial charge is 0.544 e. The zero-order valence-electron chi connectivity index (χ0n) is 36.8. The molecule has 0 aromatic heterocycles. The van der Waals surface area contributed by atoms with Crippen LogP contribution in [0.5, 0.6) is 0 Å². The topological polar surface area (TPSA) is 102 Å². The molecule has 0 aromatic carbocycles. The van der Waals surface area contributed by atoms with Gasteiger partial charge < -0.3 is 28.6 Å². The van der Waals surface area contributed by atoms with Gasteiger partial charge in [0.1, 0.15) is 12.6 Å². The minimum Gasteiger partial charge on any atom is -0.544 e. The zero-order valence-corrected chi connectivity index (χ0v) is 36.8. The van der Waals surface area contributed by atoms with Crippen LogP contribution in [0.15, 0.2) is 48.6 Å². The number of hydrogen-bond donors (Lipinski definition) is 0. The van der Waals surface area contributed by atoms with E-state index < -0.39 is 18.1 Å². The van der Waals surface area contributed by atoms with Gasteiger partial charge in [0.25, 0.3) is 0 Å². The minimum atomic E-state index is -1.13. The fourth-order valence-electron chi connectivity index (χ4n) is 6.43. The number of quaternary nitrogens is 1. The second-order valence-corrected chi connectivity index (χ2v) is 16.3. The first kappa shape index (κ1) is 53.3. The van der Waals surface area contributed by atoms with Crippen LogP contribution in [0.2, 0.25) is 0 Å². The van der Waals surface area contributed by atoms with Crippen molar-refractivity contribution in [3.63, 3.8) is 0 Å². The van der Waals surface area contributed by atoms with Crippen LogP contribution < -0.4 is 5.11 Å². The summed E-state index contributed by atoms with van der Waals surface area (Å²) in [5.41, 5.74) is 0. The number of allylic oxidation sites excluding steroid dienone is 8. The maximum absolute atomic E-state index is 12.7. The molecule has 0 aliphatic heterocycles. The first-order valence-electron chi connectivity index (χ1n) is 22.7. The molecule has 0 rings (SSSR count). The van der Waals surface area contributed by atoms with E-state index in [0.29, 0.717) is 12.8 Å². The Hall–Kier alpha value is -2.71. The number of likely N-dealkylation sites (N-methyl/N-ethyl adjacent to an activating group) is 1. The van der Waals surface area contributed by atoms with E-state index in [1.165, 1.54) is 83.5 Å². The van der Waals surface area contributed by atoms with Gasteiger partial charge in [0.05, 0.1) is 40.3 Å². The van der Waals surface area contributed by atoms with Crippen LogP contribution in [-0.4, -0.2) is 75.5 Å². The molecule has 2 unspecified atom stereocenters. The summed E-state index contributed by atoms with van der Waals surface area (Å²) >= 11 is 0. The summed E-state index contributed by atoms with van der Waals surface area (Å²) in [5, 5.41) is 11.6. The lowest BCUT2D eigenvalue weighted by atomic mass is 10.1. The monoisotopic (exact) mass is 788 g/mol. The normalized spacial score (nSPS) is 13.4. The molecule has 8 heteroatoms. The van der Waals surface area contributed by atoms with Crippen molar-refractivity contribution < 1.29 is 38.2 Å². The Kier molecular flexibility index (Phi) is 37.2. The van der Waals surface area contributed by atoms with Crippen LogP contribution in [0.1, 0.15) is 187 Å². The molecule has 0 saturated heterocycles. The Morgan fingerprint density at radius 3 is 1.50 bits per heavy atom. The Labute approximate surface area is 344 Å². The summed E-state index contributed by atoms with van der Waals surface area (Å²) in [7, 11) is 5.40. The predicted molar refractivity (Wildman–Crippen MR) is 231 cm³/mol. The molecule has 0 N–H and O–H groups in total. The van der Waals surface area contributed by atoms with Crippen molar-refractivity contribution in [3.8, 4) is 0 Å². The molecule has 0 amide bonds. The lowest BCUT2D eigenvalue weighted by molar-refractivity contribution is -0.889. The maximum atomic E-state index is 12.7. The minimum absolute atomic E-state index is 0.0361. The predicted octanol–water partition coefficient (Wildman–Crippen LogP) is 11.1. The third-order valence-corrected chi connectivity index (χ3v) is 9.95. The second kappa shape index (κ2) is 39.1. The average molecular weight is 788 g/mol. The van der Waals surface area contributed by atoms with Crippen molar-refractivity contribution in [1.29, 1.82) is 0 Å². The van der Waals surface area contributed by atoms with Crippen LogP contribution in [0.4, 0.5) is 0 Å². The van der Waals surface area contributed by atoms with Gasteiger partial charge in [0, 0.05) is 19.3 Å². The molecule has 8 nitrogen and oxygen atoms in total. The van der Waals surface area contributed by atoms with Gasteiger partial charge in [0.2, 0.25) is 0 Å². The standard InChI is InChI=1S/C48H85NO7/c1-6-8-10-12-14-16-18-20-21-22-23-24-25-26-27-29-30-32-34-36-38-46(50)55-43-44(42-54-41-40-45(48(52)53)49(3,4)5)56-47(51)39-37-35-33-31-28-19-17-15-13-11-9-7-2/h8,10,14-17,20-21,44-45H,6-7,9,11-13,18-19,22-43H2,1-5H3/b10-8+,16-14+,17-15+,21-20+. The highest BCUT2D eigenvalue weighted by atomic mass is 16.6. The number of nitrogens with zero attached hydrogens (tertiary/aromatic N) is 1. The van der Waals surface area contributed by atoms with Crippen LogP contribution in [0, 0.1) is 0 Å². The highest BCUT2D eigenvalue weighted by molar-refractivity contribution is 5.70. The highest BCUT2D eigenvalue weighted by Crippen LogP contribution is 2.14. The Balaban J connectivity index is 4.27. The van der Waals surface area contributed by atoms with E-state index >= 15 is 0 Å². The zero-order chi connectivity index (χ0) is 41.4. The SMILES string of the molecule is CC/C=C/C/C=C/C/C=C/CCCCCCCCCCCCC(=O)OCC(COCCC(C(=O)[O-])[N+](C)(C)C)OC(=O)CCCCCCC/C=C/CCCCC. The van der Waals surface area contributed by atoms with Crippen molar-refractivity contribution in [2.45, 2.75) is 199 Å². The number of carbonyl (C=O) groups is 3. The lowest BCUT2D eigenvalue weighted by Gasteiger charge is -2.34. The maximum Gasteiger partial charge on any atom is 0.306 e. The van der Waals surface area contributed by atoms with E-state index in [0.717, 1.165) is 70.6 Å². The highest BCUT2D eigenvalue weighted by Gasteiger charge is 2.25. The van der Waals surface area contributed by atoms with Gasteiger partial charge in [0.15, 0.2) is 6.10 Å². The fraction of sp³-hybridized carbons (Fsp3) is 0.771. The molecule has 0 saturated carbocycles. The summed E-state index contributed by atoms with van der Waals surface area (Å²) in [5.74, 6) is -1.75. The average Bonchev–Trinajstić information content (AvgIpc) is 3.15. The molecule has 0 spiro atoms. The van der Waals surface area contributed by atoms with Crippen molar-refractivity contribution >= 4 is 17.9 Å². The number of hydrogen-bond acceptors (Lipinski definition) is 7. The van der Waals surface area contributed by atoms with Crippen molar-refractivity contribution in [1.82, 2.24) is 0 Å². The number of carboxylic acid groups (broad SMARTS) is 1. The molecule has 2 atom stereocenters. The van der Waals surface area contributed by atoms with Gasteiger partial charge in [-0.3, -0.25) is 9.59 Å². The lowest BCUT2D eigenvalue weighted by Crippen LogP contribution is -2.55. The number of carbonyl (C=O) groups excluding carboxylic acids is 3. The van der Waals surface area contributed by atoms with E-state index in [1.807, 2.05) is 0 Å². The number of aliphatic carboxylic acids is 1. The number of unbranched alkanes of at least 4 members (excludes halogenated alkanes) is 18. The molecular weight excluding hydrogens is 703 g/mol. The molecule has 0 aromatic rings. The van der Waals surface area contributed by atoms with Crippen molar-refractivity contribution in [3.05, 3.63) is 48.6 Å². The fourth-order valence-corrected chi connectivity index (χ4v) is 6.43. The van der Waals surface area contributed by atoms with Gasteiger partial charge in [-0.2, -0.15) is 0 Å². The van der Waals surface area contributed by atoms with Gasteiger partial charge in [-0.05, 0) is 70.6 Å². The summed E-state index contributed by atoms with van der Waals surface area (Å²) in [6.45, 7) is 4.52. The summed E-state index contributed by atoms with van der Waals surface area (Å²) < 4.78 is 17.2. The summed E-state index contributed by atoms with van der Waals surface area (Å²) in [6.07, 6.45) is 45.6. The van der Waals surface area contributed by atoms with Gasteiger partial charge in [-0.1, -0.05) is 146 Å².